The third kappa shape index (κ3) is 2.40. The van der Waals surface area contributed by atoms with Crippen molar-refractivity contribution >= 4 is 21.6 Å². The lowest BCUT2D eigenvalue weighted by atomic mass is 10.0. The summed E-state index contributed by atoms with van der Waals surface area (Å²) in [5.41, 5.74) is 1.06. The molecule has 2 rings (SSSR count). The van der Waals surface area contributed by atoms with Crippen LogP contribution in [0.2, 0.25) is 0 Å². The van der Waals surface area contributed by atoms with Gasteiger partial charge in [0.25, 0.3) is 5.69 Å². The fourth-order valence-electron chi connectivity index (χ4n) is 1.78. The van der Waals surface area contributed by atoms with Crippen molar-refractivity contribution < 1.29 is 4.92 Å². The number of piperazine rings is 1. The zero-order valence-corrected chi connectivity index (χ0v) is 10.2. The summed E-state index contributed by atoms with van der Waals surface area (Å²) in [7, 11) is 0. The van der Waals surface area contributed by atoms with Crippen LogP contribution in [0.5, 0.6) is 0 Å². The predicted octanol–water partition coefficient (Wildman–Crippen LogP) is 1.59. The molecule has 1 heterocycles. The highest BCUT2D eigenvalue weighted by atomic mass is 79.9. The van der Waals surface area contributed by atoms with Crippen molar-refractivity contribution in [1.82, 2.24) is 10.6 Å². The summed E-state index contributed by atoms with van der Waals surface area (Å²) in [5, 5.41) is 17.4. The standard InChI is InChI=1S/C10H12BrN3O2/c11-8-2-1-7(5-10(8)14(15)16)9-6-12-3-4-13-9/h1-2,5,9,12-13H,3-4,6H2/t9-/m0/s1. The van der Waals surface area contributed by atoms with Gasteiger partial charge in [-0.25, -0.2) is 0 Å². The normalized spacial score (nSPS) is 20.7. The molecule has 2 N–H and O–H groups in total. The van der Waals surface area contributed by atoms with E-state index < -0.39 is 0 Å². The summed E-state index contributed by atoms with van der Waals surface area (Å²) in [6.07, 6.45) is 0. The van der Waals surface area contributed by atoms with Gasteiger partial charge in [-0.3, -0.25) is 10.1 Å². The summed E-state index contributed by atoms with van der Waals surface area (Å²) in [5.74, 6) is 0. The maximum atomic E-state index is 10.8. The molecule has 0 radical (unpaired) electrons. The van der Waals surface area contributed by atoms with Gasteiger partial charge >= 0.3 is 0 Å². The van der Waals surface area contributed by atoms with E-state index in [1.54, 1.807) is 12.1 Å². The minimum absolute atomic E-state index is 0.116. The molecule has 5 nitrogen and oxygen atoms in total. The number of nitro groups is 1. The topological polar surface area (TPSA) is 67.2 Å². The van der Waals surface area contributed by atoms with Crippen molar-refractivity contribution in [1.29, 1.82) is 0 Å². The zero-order valence-electron chi connectivity index (χ0n) is 8.57. The first-order valence-electron chi connectivity index (χ1n) is 5.06. The molecule has 0 unspecified atom stereocenters. The lowest BCUT2D eigenvalue weighted by Crippen LogP contribution is -2.42. The van der Waals surface area contributed by atoms with Gasteiger partial charge in [0.1, 0.15) is 0 Å². The second-order valence-electron chi connectivity index (χ2n) is 3.68. The van der Waals surface area contributed by atoms with Crippen LogP contribution in [0.1, 0.15) is 11.6 Å². The Kier molecular flexibility index (Phi) is 3.52. The minimum Gasteiger partial charge on any atom is -0.314 e. The third-order valence-corrected chi connectivity index (χ3v) is 3.28. The molecular weight excluding hydrogens is 274 g/mol. The summed E-state index contributed by atoms with van der Waals surface area (Å²) < 4.78 is 0.519. The molecule has 1 aliphatic rings. The van der Waals surface area contributed by atoms with Crippen LogP contribution in [0.4, 0.5) is 5.69 Å². The van der Waals surface area contributed by atoms with Crippen LogP contribution >= 0.6 is 15.9 Å². The Balaban J connectivity index is 2.27. The molecule has 16 heavy (non-hydrogen) atoms. The monoisotopic (exact) mass is 285 g/mol. The van der Waals surface area contributed by atoms with Crippen molar-refractivity contribution in [3.8, 4) is 0 Å². The number of nitrogens with one attached hydrogen (secondary N) is 2. The van der Waals surface area contributed by atoms with Crippen molar-refractivity contribution in [2.24, 2.45) is 0 Å². The fraction of sp³-hybridized carbons (Fsp3) is 0.400. The molecule has 0 spiro atoms. The van der Waals surface area contributed by atoms with Crippen molar-refractivity contribution in [3.05, 3.63) is 38.3 Å². The SMILES string of the molecule is O=[N+]([O-])c1cc([C@@H]2CNCCN2)ccc1Br. The van der Waals surface area contributed by atoms with Crippen LogP contribution in [0.3, 0.4) is 0 Å². The fourth-order valence-corrected chi connectivity index (χ4v) is 2.17. The smallest absolute Gasteiger partial charge is 0.283 e. The third-order valence-electron chi connectivity index (χ3n) is 2.61. The number of benzene rings is 1. The molecule has 0 amide bonds. The van der Waals surface area contributed by atoms with Gasteiger partial charge in [0, 0.05) is 31.7 Å². The lowest BCUT2D eigenvalue weighted by Gasteiger charge is -2.24. The highest BCUT2D eigenvalue weighted by Crippen LogP contribution is 2.28. The number of hydrogen-bond acceptors (Lipinski definition) is 4. The molecule has 1 atom stereocenters. The van der Waals surface area contributed by atoms with Crippen molar-refractivity contribution in [2.75, 3.05) is 19.6 Å². The highest BCUT2D eigenvalue weighted by Gasteiger charge is 2.19. The van der Waals surface area contributed by atoms with E-state index in [4.69, 9.17) is 0 Å². The predicted molar refractivity (Wildman–Crippen MR) is 64.4 cm³/mol. The summed E-state index contributed by atoms with van der Waals surface area (Å²) >= 11 is 3.18. The minimum atomic E-state index is -0.371. The van der Waals surface area contributed by atoms with E-state index in [-0.39, 0.29) is 16.7 Å². The molecule has 0 aliphatic carbocycles. The zero-order chi connectivity index (χ0) is 11.5. The molecule has 0 bridgehead atoms. The maximum Gasteiger partial charge on any atom is 0.283 e. The van der Waals surface area contributed by atoms with Gasteiger partial charge in [0.15, 0.2) is 0 Å². The summed E-state index contributed by atoms with van der Waals surface area (Å²) in [6.45, 7) is 2.63. The molecule has 6 heteroatoms. The number of rotatable bonds is 2. The van der Waals surface area contributed by atoms with Crippen LogP contribution in [-0.2, 0) is 0 Å². The van der Waals surface area contributed by atoms with E-state index in [0.717, 1.165) is 25.2 Å². The van der Waals surface area contributed by atoms with Crippen LogP contribution < -0.4 is 10.6 Å². The first-order chi connectivity index (χ1) is 7.68. The highest BCUT2D eigenvalue weighted by molar-refractivity contribution is 9.10. The number of hydrogen-bond donors (Lipinski definition) is 2. The van der Waals surface area contributed by atoms with Gasteiger partial charge in [0.2, 0.25) is 0 Å². The van der Waals surface area contributed by atoms with Gasteiger partial charge in [-0.2, -0.15) is 0 Å². The molecule has 1 saturated heterocycles. The Labute approximate surface area is 102 Å². The van der Waals surface area contributed by atoms with E-state index >= 15 is 0 Å². The molecule has 0 saturated carbocycles. The van der Waals surface area contributed by atoms with E-state index in [2.05, 4.69) is 26.6 Å². The van der Waals surface area contributed by atoms with Gasteiger partial charge in [-0.15, -0.1) is 0 Å². The number of nitro benzene ring substituents is 1. The van der Waals surface area contributed by atoms with E-state index in [0.29, 0.717) is 4.47 Å². The number of nitrogens with zero attached hydrogens (tertiary/aromatic N) is 1. The van der Waals surface area contributed by atoms with Gasteiger partial charge in [-0.05, 0) is 27.6 Å². The average Bonchev–Trinajstić information content (AvgIpc) is 2.30. The summed E-state index contributed by atoms with van der Waals surface area (Å²) in [4.78, 5) is 10.4. The summed E-state index contributed by atoms with van der Waals surface area (Å²) in [6, 6.07) is 5.40. The first-order valence-corrected chi connectivity index (χ1v) is 5.86. The maximum absolute atomic E-state index is 10.8. The van der Waals surface area contributed by atoms with Gasteiger partial charge in [0.05, 0.1) is 9.40 Å². The molecule has 1 aromatic rings. The van der Waals surface area contributed by atoms with Gasteiger partial charge < -0.3 is 10.6 Å². The largest absolute Gasteiger partial charge is 0.314 e. The Morgan fingerprint density at radius 3 is 2.88 bits per heavy atom. The molecule has 1 aromatic carbocycles. The number of halogens is 1. The van der Waals surface area contributed by atoms with Crippen LogP contribution in [0.25, 0.3) is 0 Å². The molecule has 86 valence electrons. The molecule has 1 aliphatic heterocycles. The van der Waals surface area contributed by atoms with Gasteiger partial charge in [-0.1, -0.05) is 6.07 Å². The van der Waals surface area contributed by atoms with E-state index in [9.17, 15) is 10.1 Å². The molecule has 0 aromatic heterocycles. The van der Waals surface area contributed by atoms with Crippen molar-refractivity contribution in [3.63, 3.8) is 0 Å². The van der Waals surface area contributed by atoms with Crippen LogP contribution in [-0.4, -0.2) is 24.6 Å². The van der Waals surface area contributed by atoms with Crippen molar-refractivity contribution in [2.45, 2.75) is 6.04 Å². The Bertz CT molecular complexity index is 405. The Morgan fingerprint density at radius 1 is 1.44 bits per heavy atom. The second kappa shape index (κ2) is 4.90. The Hall–Kier alpha value is -0.980. The molecular formula is C10H12BrN3O2. The second-order valence-corrected chi connectivity index (χ2v) is 4.53. The van der Waals surface area contributed by atoms with E-state index in [1.165, 1.54) is 0 Å². The lowest BCUT2D eigenvalue weighted by molar-refractivity contribution is -0.385. The van der Waals surface area contributed by atoms with E-state index in [1.807, 2.05) is 6.07 Å². The quantitative estimate of drug-likeness (QED) is 0.640. The first kappa shape index (κ1) is 11.5. The average molecular weight is 286 g/mol. The van der Waals surface area contributed by atoms with Crippen LogP contribution in [0, 0.1) is 10.1 Å². The molecule has 1 fully saturated rings. The van der Waals surface area contributed by atoms with Crippen LogP contribution in [0.15, 0.2) is 22.7 Å². The Morgan fingerprint density at radius 2 is 2.25 bits per heavy atom.